The van der Waals surface area contributed by atoms with Crippen LogP contribution in [0, 0.1) is 0 Å². The summed E-state index contributed by atoms with van der Waals surface area (Å²) in [6, 6.07) is 15.1. The highest BCUT2D eigenvalue weighted by atomic mass is 16.4. The van der Waals surface area contributed by atoms with E-state index in [0.717, 1.165) is 29.5 Å². The van der Waals surface area contributed by atoms with E-state index >= 15 is 0 Å². The Labute approximate surface area is 144 Å². The van der Waals surface area contributed by atoms with Crippen molar-refractivity contribution in [1.82, 2.24) is 4.57 Å². The highest BCUT2D eigenvalue weighted by molar-refractivity contribution is 6.07. The molecule has 0 fully saturated rings. The number of aryl methyl sites for hydroxylation is 2. The number of benzene rings is 2. The molecule has 1 aliphatic heterocycles. The number of hydrogen-bond acceptors (Lipinski definition) is 4. The smallest absolute Gasteiger partial charge is 0.264 e. The van der Waals surface area contributed by atoms with E-state index in [4.69, 9.17) is 0 Å². The molecule has 0 atom stereocenters. The number of hydrogen-bond donors (Lipinski definition) is 2. The summed E-state index contributed by atoms with van der Waals surface area (Å²) in [6.07, 6.45) is 2.03. The second-order valence-corrected chi connectivity index (χ2v) is 6.31. The van der Waals surface area contributed by atoms with Gasteiger partial charge in [-0.05, 0) is 30.0 Å². The first-order valence-corrected chi connectivity index (χ1v) is 8.33. The van der Waals surface area contributed by atoms with Crippen LogP contribution in [0.3, 0.4) is 0 Å². The van der Waals surface area contributed by atoms with Gasteiger partial charge in [0.25, 0.3) is 5.56 Å². The molecular weight excluding hydrogens is 316 g/mol. The molecule has 0 spiro atoms. The van der Waals surface area contributed by atoms with Crippen molar-refractivity contribution in [3.8, 4) is 5.75 Å². The maximum atomic E-state index is 13.0. The molecule has 4 rings (SSSR count). The third kappa shape index (κ3) is 2.48. The van der Waals surface area contributed by atoms with Crippen LogP contribution >= 0.6 is 0 Å². The predicted molar refractivity (Wildman–Crippen MR) is 96.7 cm³/mol. The van der Waals surface area contributed by atoms with Gasteiger partial charge in [0, 0.05) is 18.4 Å². The number of aromatic hydroxyl groups is 1. The lowest BCUT2D eigenvalue weighted by Crippen LogP contribution is -2.30. The topological polar surface area (TPSA) is 74.8 Å². The molecule has 1 aliphatic rings. The molecule has 0 bridgehead atoms. The van der Waals surface area contributed by atoms with Gasteiger partial charge in [0.2, 0.25) is 0 Å². The average Bonchev–Trinajstić information content (AvgIpc) is 2.66. The van der Waals surface area contributed by atoms with Crippen molar-refractivity contribution in [1.29, 1.82) is 0 Å². The summed E-state index contributed by atoms with van der Waals surface area (Å²) >= 11 is 0. The minimum Gasteiger partial charge on any atom is -0.506 e. The Morgan fingerprint density at radius 2 is 1.92 bits per heavy atom. The summed E-state index contributed by atoms with van der Waals surface area (Å²) in [6.45, 7) is 0.601. The van der Waals surface area contributed by atoms with Gasteiger partial charge in [-0.2, -0.15) is 0 Å². The summed E-state index contributed by atoms with van der Waals surface area (Å²) in [7, 11) is 0. The highest BCUT2D eigenvalue weighted by Gasteiger charge is 2.24. The standard InChI is InChI=1S/C20H18N2O3/c23-19-15-10-4-8-14-9-5-11-22(18(14)15)20(24)17(19)16(21-25)12-13-6-2-1-3-7-13/h1-4,6-8,10,23,25H,5,9,11-12H2/b21-16-. The van der Waals surface area contributed by atoms with Gasteiger partial charge in [-0.3, -0.25) is 4.79 Å². The van der Waals surface area contributed by atoms with E-state index in [1.54, 1.807) is 10.6 Å². The average molecular weight is 334 g/mol. The molecule has 2 aromatic carbocycles. The zero-order chi connectivity index (χ0) is 17.4. The van der Waals surface area contributed by atoms with Crippen LogP contribution in [-0.2, 0) is 19.4 Å². The minimum absolute atomic E-state index is 0.0814. The van der Waals surface area contributed by atoms with E-state index in [1.165, 1.54) is 0 Å². The molecule has 1 aromatic heterocycles. The molecule has 2 N–H and O–H groups in total. The first-order valence-electron chi connectivity index (χ1n) is 8.33. The van der Waals surface area contributed by atoms with Gasteiger partial charge < -0.3 is 14.9 Å². The molecule has 0 saturated heterocycles. The number of rotatable bonds is 3. The van der Waals surface area contributed by atoms with Crippen LogP contribution in [0.4, 0.5) is 0 Å². The van der Waals surface area contributed by atoms with Gasteiger partial charge >= 0.3 is 0 Å². The third-order valence-corrected chi connectivity index (χ3v) is 4.79. The fourth-order valence-electron chi connectivity index (χ4n) is 3.64. The molecular formula is C20H18N2O3. The van der Waals surface area contributed by atoms with Crippen molar-refractivity contribution in [2.75, 3.05) is 0 Å². The van der Waals surface area contributed by atoms with Crippen molar-refractivity contribution in [2.45, 2.75) is 25.8 Å². The minimum atomic E-state index is -0.305. The molecule has 0 aliphatic carbocycles. The maximum Gasteiger partial charge on any atom is 0.264 e. The van der Waals surface area contributed by atoms with Gasteiger partial charge in [-0.15, -0.1) is 0 Å². The van der Waals surface area contributed by atoms with Crippen LogP contribution < -0.4 is 5.56 Å². The van der Waals surface area contributed by atoms with Crippen LogP contribution in [0.15, 0.2) is 58.5 Å². The van der Waals surface area contributed by atoms with Gasteiger partial charge in [0.1, 0.15) is 17.0 Å². The Balaban J connectivity index is 1.95. The summed E-state index contributed by atoms with van der Waals surface area (Å²) in [5.74, 6) is -0.108. The van der Waals surface area contributed by atoms with Gasteiger partial charge in [0.15, 0.2) is 0 Å². The highest BCUT2D eigenvalue weighted by Crippen LogP contribution is 2.32. The third-order valence-electron chi connectivity index (χ3n) is 4.79. The van der Waals surface area contributed by atoms with Crippen LogP contribution in [0.1, 0.15) is 23.1 Å². The number of pyridine rings is 1. The molecule has 2 heterocycles. The zero-order valence-corrected chi connectivity index (χ0v) is 13.6. The first kappa shape index (κ1) is 15.4. The van der Waals surface area contributed by atoms with Crippen molar-refractivity contribution in [2.24, 2.45) is 5.16 Å². The quantitative estimate of drug-likeness (QED) is 0.439. The van der Waals surface area contributed by atoms with E-state index < -0.39 is 0 Å². The van der Waals surface area contributed by atoms with Crippen molar-refractivity contribution in [3.05, 3.63) is 75.6 Å². The summed E-state index contributed by atoms with van der Waals surface area (Å²) in [5, 5.41) is 24.3. The Bertz CT molecular complexity index is 1040. The normalized spacial score (nSPS) is 14.0. The van der Waals surface area contributed by atoms with E-state index in [2.05, 4.69) is 5.16 Å². The molecule has 0 radical (unpaired) electrons. The van der Waals surface area contributed by atoms with Crippen molar-refractivity contribution in [3.63, 3.8) is 0 Å². The summed E-state index contributed by atoms with van der Waals surface area (Å²) in [5.41, 5.74) is 2.71. The van der Waals surface area contributed by atoms with Crippen LogP contribution in [0.25, 0.3) is 10.9 Å². The molecule has 0 saturated carbocycles. The lowest BCUT2D eigenvalue weighted by Gasteiger charge is -2.21. The number of para-hydroxylation sites is 1. The molecule has 5 heteroatoms. The Hall–Kier alpha value is -3.08. The van der Waals surface area contributed by atoms with Gasteiger partial charge in [0.05, 0.1) is 5.52 Å². The Kier molecular flexibility index (Phi) is 3.76. The van der Waals surface area contributed by atoms with E-state index in [1.807, 2.05) is 42.5 Å². The lowest BCUT2D eigenvalue weighted by molar-refractivity contribution is 0.318. The monoisotopic (exact) mass is 334 g/mol. The zero-order valence-electron chi connectivity index (χ0n) is 13.6. The Morgan fingerprint density at radius 3 is 2.68 bits per heavy atom. The molecule has 25 heavy (non-hydrogen) atoms. The van der Waals surface area contributed by atoms with E-state index in [-0.39, 0.29) is 29.0 Å². The van der Waals surface area contributed by atoms with Crippen molar-refractivity contribution >= 4 is 16.6 Å². The molecule has 0 unspecified atom stereocenters. The number of aromatic nitrogens is 1. The maximum absolute atomic E-state index is 13.0. The van der Waals surface area contributed by atoms with E-state index in [0.29, 0.717) is 11.9 Å². The van der Waals surface area contributed by atoms with Crippen molar-refractivity contribution < 1.29 is 10.3 Å². The largest absolute Gasteiger partial charge is 0.506 e. The fourth-order valence-corrected chi connectivity index (χ4v) is 3.64. The molecule has 0 amide bonds. The van der Waals surface area contributed by atoms with Crippen LogP contribution in [-0.4, -0.2) is 20.6 Å². The second-order valence-electron chi connectivity index (χ2n) is 6.31. The van der Waals surface area contributed by atoms with E-state index in [9.17, 15) is 15.1 Å². The van der Waals surface area contributed by atoms with Gasteiger partial charge in [-0.25, -0.2) is 0 Å². The number of oxime groups is 1. The lowest BCUT2D eigenvalue weighted by atomic mass is 9.96. The fraction of sp³-hybridized carbons (Fsp3) is 0.200. The van der Waals surface area contributed by atoms with Crippen LogP contribution in [0.2, 0.25) is 0 Å². The summed E-state index contributed by atoms with van der Waals surface area (Å²) < 4.78 is 1.69. The molecule has 3 aromatic rings. The molecule has 5 nitrogen and oxygen atoms in total. The van der Waals surface area contributed by atoms with Crippen LogP contribution in [0.5, 0.6) is 5.75 Å². The number of nitrogens with zero attached hydrogens (tertiary/aromatic N) is 2. The first-order chi connectivity index (χ1) is 12.2. The van der Waals surface area contributed by atoms with Gasteiger partial charge in [-0.1, -0.05) is 47.6 Å². The predicted octanol–water partition coefficient (Wildman–Crippen LogP) is 3.07. The Morgan fingerprint density at radius 1 is 1.12 bits per heavy atom. The summed E-state index contributed by atoms with van der Waals surface area (Å²) in [4.78, 5) is 13.0. The SMILES string of the molecule is O=c1c(/C(Cc2ccccc2)=N\O)c(O)c2cccc3c2n1CCC3. The molecule has 126 valence electrons. The second kappa shape index (κ2) is 6.09.